The zero-order valence-electron chi connectivity index (χ0n) is 13.4. The summed E-state index contributed by atoms with van der Waals surface area (Å²) in [5.41, 5.74) is -0.103. The van der Waals surface area contributed by atoms with E-state index in [1.807, 2.05) is 6.92 Å². The summed E-state index contributed by atoms with van der Waals surface area (Å²) in [6.45, 7) is 9.83. The molecule has 0 aliphatic carbocycles. The molecule has 0 amide bonds. The highest BCUT2D eigenvalue weighted by Gasteiger charge is 2.26. The third-order valence-corrected chi connectivity index (χ3v) is 3.47. The van der Waals surface area contributed by atoms with Gasteiger partial charge in [0.15, 0.2) is 0 Å². The number of esters is 1. The molecule has 1 atom stereocenters. The van der Waals surface area contributed by atoms with Gasteiger partial charge in [-0.05, 0) is 33.2 Å². The van der Waals surface area contributed by atoms with Gasteiger partial charge in [-0.25, -0.2) is 0 Å². The monoisotopic (exact) mass is 271 g/mol. The van der Waals surface area contributed by atoms with Crippen LogP contribution in [0.25, 0.3) is 0 Å². The van der Waals surface area contributed by atoms with Crippen LogP contribution in [0.1, 0.15) is 79.1 Å². The molecule has 0 saturated heterocycles. The van der Waals surface area contributed by atoms with Crippen LogP contribution in [-0.2, 0) is 9.53 Å². The van der Waals surface area contributed by atoms with Crippen molar-refractivity contribution in [1.82, 2.24) is 5.32 Å². The quantitative estimate of drug-likeness (QED) is 0.430. The molecule has 1 N–H and O–H groups in total. The number of unbranched alkanes of at least 4 members (excludes halogenated alkanes) is 4. The van der Waals surface area contributed by atoms with Crippen LogP contribution in [0.3, 0.4) is 0 Å². The summed E-state index contributed by atoms with van der Waals surface area (Å²) in [7, 11) is 0. The van der Waals surface area contributed by atoms with Gasteiger partial charge in [-0.1, -0.05) is 46.0 Å². The predicted molar refractivity (Wildman–Crippen MR) is 81.3 cm³/mol. The van der Waals surface area contributed by atoms with Crippen LogP contribution < -0.4 is 5.32 Å². The van der Waals surface area contributed by atoms with Crippen LogP contribution in [0.2, 0.25) is 0 Å². The highest BCUT2D eigenvalue weighted by molar-refractivity contribution is 5.70. The van der Waals surface area contributed by atoms with Gasteiger partial charge >= 0.3 is 5.97 Å². The highest BCUT2D eigenvalue weighted by Crippen LogP contribution is 2.20. The van der Waals surface area contributed by atoms with E-state index in [0.717, 1.165) is 19.4 Å². The minimum absolute atomic E-state index is 0.0813. The van der Waals surface area contributed by atoms with Gasteiger partial charge in [-0.2, -0.15) is 0 Å². The number of hydrogen-bond acceptors (Lipinski definition) is 3. The van der Waals surface area contributed by atoms with Crippen LogP contribution in [-0.4, -0.2) is 24.7 Å². The molecule has 0 saturated carbocycles. The van der Waals surface area contributed by atoms with Gasteiger partial charge in [0.05, 0.1) is 13.0 Å². The summed E-state index contributed by atoms with van der Waals surface area (Å²) in [6.07, 6.45) is 8.97. The molecule has 1 unspecified atom stereocenters. The van der Waals surface area contributed by atoms with Crippen molar-refractivity contribution < 1.29 is 9.53 Å². The molecule has 3 nitrogen and oxygen atoms in total. The predicted octanol–water partition coefficient (Wildman–Crippen LogP) is 4.06. The van der Waals surface area contributed by atoms with Crippen LogP contribution in [0.5, 0.6) is 0 Å². The molecule has 0 aromatic rings. The maximum Gasteiger partial charge on any atom is 0.307 e. The smallest absolute Gasteiger partial charge is 0.307 e. The van der Waals surface area contributed by atoms with Crippen LogP contribution in [0.4, 0.5) is 0 Å². The first-order valence-corrected chi connectivity index (χ1v) is 7.98. The maximum atomic E-state index is 11.7. The van der Waals surface area contributed by atoms with Gasteiger partial charge in [-0.3, -0.25) is 4.79 Å². The Balaban J connectivity index is 4.13. The lowest BCUT2D eigenvalue weighted by Gasteiger charge is -2.30. The molecule has 0 aromatic carbocycles. The fraction of sp³-hybridized carbons (Fsp3) is 0.938. The third kappa shape index (κ3) is 9.94. The van der Waals surface area contributed by atoms with Gasteiger partial charge in [-0.15, -0.1) is 0 Å². The van der Waals surface area contributed by atoms with Gasteiger partial charge in [0.25, 0.3) is 0 Å². The molecule has 0 spiro atoms. The summed E-state index contributed by atoms with van der Waals surface area (Å²) in [4.78, 5) is 11.7. The normalized spacial score (nSPS) is 14.1. The van der Waals surface area contributed by atoms with Crippen molar-refractivity contribution in [1.29, 1.82) is 0 Å². The number of carbonyl (C=O) groups is 1. The summed E-state index contributed by atoms with van der Waals surface area (Å²) in [6, 6.07) is 0. The summed E-state index contributed by atoms with van der Waals surface area (Å²) >= 11 is 0. The second kappa shape index (κ2) is 11.3. The Hall–Kier alpha value is -0.570. The summed E-state index contributed by atoms with van der Waals surface area (Å²) in [5.74, 6) is -0.0813. The molecule has 0 bridgehead atoms. The second-order valence-corrected chi connectivity index (χ2v) is 5.63. The van der Waals surface area contributed by atoms with E-state index >= 15 is 0 Å². The SMILES string of the molecule is CCCCCCCC(C)(CC(=O)OCC)NCCC. The Morgan fingerprint density at radius 3 is 2.32 bits per heavy atom. The molecule has 0 rings (SSSR count). The first kappa shape index (κ1) is 18.4. The molecule has 0 aliphatic heterocycles. The van der Waals surface area contributed by atoms with Gasteiger partial charge in [0, 0.05) is 5.54 Å². The molecular formula is C16H33NO2. The summed E-state index contributed by atoms with van der Waals surface area (Å²) < 4.78 is 5.08. The van der Waals surface area contributed by atoms with Gasteiger partial charge in [0.1, 0.15) is 0 Å². The zero-order chi connectivity index (χ0) is 14.6. The molecule has 0 aliphatic rings. The van der Waals surface area contributed by atoms with E-state index in [0.29, 0.717) is 13.0 Å². The lowest BCUT2D eigenvalue weighted by Crippen LogP contribution is -2.44. The largest absolute Gasteiger partial charge is 0.466 e. The number of carbonyl (C=O) groups excluding carboxylic acids is 1. The molecule has 114 valence electrons. The van der Waals surface area contributed by atoms with Crippen molar-refractivity contribution in [3.05, 3.63) is 0 Å². The average Bonchev–Trinajstić information content (AvgIpc) is 2.36. The molecule has 19 heavy (non-hydrogen) atoms. The number of ether oxygens (including phenoxy) is 1. The van der Waals surface area contributed by atoms with E-state index < -0.39 is 0 Å². The molecule has 0 fully saturated rings. The minimum Gasteiger partial charge on any atom is -0.466 e. The number of rotatable bonds is 12. The van der Waals surface area contributed by atoms with Crippen molar-refractivity contribution in [3.8, 4) is 0 Å². The fourth-order valence-electron chi connectivity index (χ4n) is 2.32. The lowest BCUT2D eigenvalue weighted by molar-refractivity contribution is -0.144. The Morgan fingerprint density at radius 2 is 1.74 bits per heavy atom. The lowest BCUT2D eigenvalue weighted by atomic mass is 9.90. The van der Waals surface area contributed by atoms with E-state index in [9.17, 15) is 4.79 Å². The van der Waals surface area contributed by atoms with E-state index in [-0.39, 0.29) is 11.5 Å². The third-order valence-electron chi connectivity index (χ3n) is 3.47. The average molecular weight is 271 g/mol. The highest BCUT2D eigenvalue weighted by atomic mass is 16.5. The fourth-order valence-corrected chi connectivity index (χ4v) is 2.32. The number of hydrogen-bond donors (Lipinski definition) is 1. The van der Waals surface area contributed by atoms with E-state index in [1.54, 1.807) is 0 Å². The van der Waals surface area contributed by atoms with E-state index in [2.05, 4.69) is 26.1 Å². The molecule has 0 aromatic heterocycles. The van der Waals surface area contributed by atoms with Crippen molar-refractivity contribution >= 4 is 5.97 Å². The van der Waals surface area contributed by atoms with Crippen LogP contribution in [0, 0.1) is 0 Å². The Kier molecular flexibility index (Phi) is 10.9. The van der Waals surface area contributed by atoms with Crippen molar-refractivity contribution in [2.75, 3.05) is 13.2 Å². The first-order chi connectivity index (χ1) is 9.08. The van der Waals surface area contributed by atoms with Crippen LogP contribution >= 0.6 is 0 Å². The van der Waals surface area contributed by atoms with Crippen molar-refractivity contribution in [2.45, 2.75) is 84.6 Å². The van der Waals surface area contributed by atoms with Crippen LogP contribution in [0.15, 0.2) is 0 Å². The topological polar surface area (TPSA) is 38.3 Å². The number of nitrogens with one attached hydrogen (secondary N) is 1. The zero-order valence-corrected chi connectivity index (χ0v) is 13.4. The van der Waals surface area contributed by atoms with Crippen molar-refractivity contribution in [3.63, 3.8) is 0 Å². The molecule has 0 radical (unpaired) electrons. The van der Waals surface area contributed by atoms with Gasteiger partial charge in [0.2, 0.25) is 0 Å². The second-order valence-electron chi connectivity index (χ2n) is 5.63. The molecule has 0 heterocycles. The van der Waals surface area contributed by atoms with E-state index in [1.165, 1.54) is 32.1 Å². The minimum atomic E-state index is -0.103. The standard InChI is InChI=1S/C16H33NO2/c1-5-8-9-10-11-12-16(4,17-13-6-2)14-15(18)19-7-3/h17H,5-14H2,1-4H3. The Labute approximate surface area is 119 Å². The van der Waals surface area contributed by atoms with Crippen molar-refractivity contribution in [2.24, 2.45) is 0 Å². The summed E-state index contributed by atoms with van der Waals surface area (Å²) in [5, 5.41) is 3.53. The Bertz CT molecular complexity index is 231. The molecular weight excluding hydrogens is 238 g/mol. The first-order valence-electron chi connectivity index (χ1n) is 7.98. The maximum absolute atomic E-state index is 11.7. The van der Waals surface area contributed by atoms with Gasteiger partial charge < -0.3 is 10.1 Å². The van der Waals surface area contributed by atoms with E-state index in [4.69, 9.17) is 4.74 Å². The Morgan fingerprint density at radius 1 is 1.05 bits per heavy atom. The molecule has 3 heteroatoms.